The fraction of sp³-hybridized carbons (Fsp3) is 0.333. The Bertz CT molecular complexity index is 835. The summed E-state index contributed by atoms with van der Waals surface area (Å²) in [7, 11) is 3.15. The summed E-state index contributed by atoms with van der Waals surface area (Å²) >= 11 is 0. The van der Waals surface area contributed by atoms with Crippen molar-refractivity contribution < 1.29 is 19.1 Å². The number of hydrogen-bond acceptors (Lipinski definition) is 4. The molecular formula is C21H24N2O4. The number of hydrogen-bond donors (Lipinski definition) is 1. The Kier molecular flexibility index (Phi) is 5.96. The minimum atomic E-state index is -0.152. The maximum atomic E-state index is 12.5. The number of benzene rings is 2. The molecule has 0 radical (unpaired) electrons. The Morgan fingerprint density at radius 2 is 1.96 bits per heavy atom. The smallest absolute Gasteiger partial charge is 0.228 e. The van der Waals surface area contributed by atoms with Gasteiger partial charge in [0.1, 0.15) is 11.5 Å². The number of amides is 2. The second-order valence-electron chi connectivity index (χ2n) is 6.46. The van der Waals surface area contributed by atoms with Crippen molar-refractivity contribution in [2.75, 3.05) is 31.0 Å². The van der Waals surface area contributed by atoms with Crippen molar-refractivity contribution in [3.63, 3.8) is 0 Å². The highest BCUT2D eigenvalue weighted by molar-refractivity contribution is 5.96. The van der Waals surface area contributed by atoms with Gasteiger partial charge in [0.15, 0.2) is 0 Å². The van der Waals surface area contributed by atoms with E-state index in [0.29, 0.717) is 23.6 Å². The first-order chi connectivity index (χ1) is 13.1. The predicted molar refractivity (Wildman–Crippen MR) is 105 cm³/mol. The number of carbonyl (C=O) groups is 2. The molecule has 1 aliphatic heterocycles. The zero-order chi connectivity index (χ0) is 19.2. The van der Waals surface area contributed by atoms with Crippen molar-refractivity contribution in [1.29, 1.82) is 0 Å². The quantitative estimate of drug-likeness (QED) is 0.849. The molecule has 1 fully saturated rings. The van der Waals surface area contributed by atoms with Gasteiger partial charge in [-0.15, -0.1) is 0 Å². The number of nitrogens with zero attached hydrogens (tertiary/aromatic N) is 1. The van der Waals surface area contributed by atoms with E-state index in [9.17, 15) is 9.59 Å². The van der Waals surface area contributed by atoms with E-state index >= 15 is 0 Å². The Morgan fingerprint density at radius 1 is 1.11 bits per heavy atom. The van der Waals surface area contributed by atoms with E-state index in [1.807, 2.05) is 30.3 Å². The van der Waals surface area contributed by atoms with Crippen LogP contribution in [0, 0.1) is 0 Å². The molecule has 6 nitrogen and oxygen atoms in total. The van der Waals surface area contributed by atoms with Crippen LogP contribution in [0.1, 0.15) is 24.8 Å². The molecule has 0 saturated carbocycles. The average molecular weight is 368 g/mol. The Morgan fingerprint density at radius 3 is 2.70 bits per heavy atom. The summed E-state index contributed by atoms with van der Waals surface area (Å²) in [6.45, 7) is 0.722. The maximum Gasteiger partial charge on any atom is 0.228 e. The van der Waals surface area contributed by atoms with Gasteiger partial charge in [0.25, 0.3) is 0 Å². The van der Waals surface area contributed by atoms with Crippen LogP contribution in [0.3, 0.4) is 0 Å². The first-order valence-electron chi connectivity index (χ1n) is 9.02. The van der Waals surface area contributed by atoms with Crippen molar-refractivity contribution in [2.24, 2.45) is 0 Å². The predicted octanol–water partition coefficient (Wildman–Crippen LogP) is 3.40. The Hall–Kier alpha value is -3.02. The SMILES string of the molecule is COc1ccc(CC(=O)Nc2cccc(N3CCCCC3=O)c2)c(OC)c1. The summed E-state index contributed by atoms with van der Waals surface area (Å²) in [5, 5.41) is 2.90. The molecule has 0 spiro atoms. The highest BCUT2D eigenvalue weighted by Crippen LogP contribution is 2.26. The standard InChI is InChI=1S/C21H24N2O4/c1-26-18-10-9-15(19(14-18)27-2)12-20(24)22-16-6-5-7-17(13-16)23-11-4-3-8-21(23)25/h5-7,9-10,13-14H,3-4,8,11-12H2,1-2H3,(H,22,24). The highest BCUT2D eigenvalue weighted by atomic mass is 16.5. The number of rotatable bonds is 6. The molecule has 6 heteroatoms. The van der Waals surface area contributed by atoms with Crippen LogP contribution in [0.2, 0.25) is 0 Å². The first kappa shape index (κ1) is 18.8. The van der Waals surface area contributed by atoms with Crippen molar-refractivity contribution in [2.45, 2.75) is 25.7 Å². The largest absolute Gasteiger partial charge is 0.497 e. The van der Waals surface area contributed by atoms with E-state index in [-0.39, 0.29) is 18.2 Å². The third-order valence-corrected chi connectivity index (χ3v) is 4.61. The molecular weight excluding hydrogens is 344 g/mol. The topological polar surface area (TPSA) is 67.9 Å². The van der Waals surface area contributed by atoms with Gasteiger partial charge in [-0.3, -0.25) is 9.59 Å². The fourth-order valence-corrected chi connectivity index (χ4v) is 3.21. The molecule has 2 amide bonds. The Balaban J connectivity index is 1.69. The zero-order valence-corrected chi connectivity index (χ0v) is 15.7. The molecule has 1 aliphatic rings. The van der Waals surface area contributed by atoms with Gasteiger partial charge < -0.3 is 19.7 Å². The third kappa shape index (κ3) is 4.58. The molecule has 2 aromatic rings. The number of methoxy groups -OCH3 is 2. The van der Waals surface area contributed by atoms with Gasteiger partial charge in [0.2, 0.25) is 11.8 Å². The van der Waals surface area contributed by atoms with Gasteiger partial charge in [0.05, 0.1) is 20.6 Å². The summed E-state index contributed by atoms with van der Waals surface area (Å²) in [5.41, 5.74) is 2.26. The molecule has 1 N–H and O–H groups in total. The summed E-state index contributed by atoms with van der Waals surface area (Å²) in [6.07, 6.45) is 2.70. The zero-order valence-electron chi connectivity index (χ0n) is 15.7. The van der Waals surface area contributed by atoms with Gasteiger partial charge in [-0.25, -0.2) is 0 Å². The van der Waals surface area contributed by atoms with Crippen molar-refractivity contribution in [3.05, 3.63) is 48.0 Å². The van der Waals surface area contributed by atoms with E-state index in [2.05, 4.69) is 5.32 Å². The minimum absolute atomic E-state index is 0.132. The second kappa shape index (κ2) is 8.58. The van der Waals surface area contributed by atoms with Crippen LogP contribution in [0.5, 0.6) is 11.5 Å². The number of piperidine rings is 1. The van der Waals surface area contributed by atoms with E-state index in [0.717, 1.165) is 30.6 Å². The lowest BCUT2D eigenvalue weighted by Gasteiger charge is -2.27. The van der Waals surface area contributed by atoms with E-state index < -0.39 is 0 Å². The Labute approximate surface area is 159 Å². The molecule has 0 unspecified atom stereocenters. The van der Waals surface area contributed by atoms with Crippen LogP contribution >= 0.6 is 0 Å². The molecule has 1 heterocycles. The van der Waals surface area contributed by atoms with E-state index in [1.54, 1.807) is 31.3 Å². The fourth-order valence-electron chi connectivity index (χ4n) is 3.21. The summed E-state index contributed by atoms with van der Waals surface area (Å²) in [5.74, 6) is 1.26. The number of carbonyl (C=O) groups excluding carboxylic acids is 2. The van der Waals surface area contributed by atoms with Crippen LogP contribution < -0.4 is 19.7 Å². The third-order valence-electron chi connectivity index (χ3n) is 4.61. The lowest BCUT2D eigenvalue weighted by Crippen LogP contribution is -2.35. The van der Waals surface area contributed by atoms with Crippen LogP contribution in [-0.2, 0) is 16.0 Å². The lowest BCUT2D eigenvalue weighted by molar-refractivity contribution is -0.119. The van der Waals surface area contributed by atoms with E-state index in [1.165, 1.54) is 0 Å². The molecule has 3 rings (SSSR count). The molecule has 1 saturated heterocycles. The maximum absolute atomic E-state index is 12.5. The molecule has 0 atom stereocenters. The average Bonchev–Trinajstić information content (AvgIpc) is 2.68. The van der Waals surface area contributed by atoms with Crippen LogP contribution in [0.15, 0.2) is 42.5 Å². The number of ether oxygens (including phenoxy) is 2. The second-order valence-corrected chi connectivity index (χ2v) is 6.46. The van der Waals surface area contributed by atoms with Gasteiger partial charge in [-0.05, 0) is 37.1 Å². The summed E-state index contributed by atoms with van der Waals surface area (Å²) in [4.78, 5) is 26.4. The van der Waals surface area contributed by atoms with Crippen molar-refractivity contribution in [3.8, 4) is 11.5 Å². The van der Waals surface area contributed by atoms with Crippen LogP contribution in [0.25, 0.3) is 0 Å². The van der Waals surface area contributed by atoms with Gasteiger partial charge in [-0.1, -0.05) is 12.1 Å². The first-order valence-corrected chi connectivity index (χ1v) is 9.02. The summed E-state index contributed by atoms with van der Waals surface area (Å²) < 4.78 is 10.5. The van der Waals surface area contributed by atoms with E-state index in [4.69, 9.17) is 9.47 Å². The lowest BCUT2D eigenvalue weighted by atomic mass is 10.1. The van der Waals surface area contributed by atoms with Gasteiger partial charge in [-0.2, -0.15) is 0 Å². The number of nitrogens with one attached hydrogen (secondary N) is 1. The molecule has 27 heavy (non-hydrogen) atoms. The monoisotopic (exact) mass is 368 g/mol. The van der Waals surface area contributed by atoms with Crippen molar-refractivity contribution in [1.82, 2.24) is 0 Å². The van der Waals surface area contributed by atoms with Gasteiger partial charge >= 0.3 is 0 Å². The molecule has 0 aliphatic carbocycles. The molecule has 2 aromatic carbocycles. The van der Waals surface area contributed by atoms with Crippen LogP contribution in [-0.4, -0.2) is 32.6 Å². The molecule has 142 valence electrons. The van der Waals surface area contributed by atoms with Crippen molar-refractivity contribution >= 4 is 23.2 Å². The minimum Gasteiger partial charge on any atom is -0.497 e. The molecule has 0 aromatic heterocycles. The van der Waals surface area contributed by atoms with Gasteiger partial charge in [0, 0.05) is 36.0 Å². The molecule has 0 bridgehead atoms. The number of anilines is 2. The van der Waals surface area contributed by atoms with Crippen LogP contribution in [0.4, 0.5) is 11.4 Å². The summed E-state index contributed by atoms with van der Waals surface area (Å²) in [6, 6.07) is 12.8. The normalized spacial score (nSPS) is 14.0. The highest BCUT2D eigenvalue weighted by Gasteiger charge is 2.20.